The van der Waals surface area contributed by atoms with Crippen molar-refractivity contribution in [2.24, 2.45) is 0 Å². The van der Waals surface area contributed by atoms with Gasteiger partial charge < -0.3 is 15.5 Å². The van der Waals surface area contributed by atoms with E-state index in [1.807, 2.05) is 19.1 Å². The van der Waals surface area contributed by atoms with Gasteiger partial charge in [-0.05, 0) is 50.5 Å². The summed E-state index contributed by atoms with van der Waals surface area (Å²) in [5.41, 5.74) is 2.24. The monoisotopic (exact) mass is 287 g/mol. The van der Waals surface area contributed by atoms with Crippen LogP contribution in [0.2, 0.25) is 0 Å². The maximum absolute atomic E-state index is 11.8. The lowest BCUT2D eigenvalue weighted by Crippen LogP contribution is -2.37. The van der Waals surface area contributed by atoms with E-state index < -0.39 is 0 Å². The molecule has 0 unspecified atom stereocenters. The number of nitrogens with one attached hydrogen (secondary N) is 2. The number of amides is 1. The first-order chi connectivity index (χ1) is 10.2. The van der Waals surface area contributed by atoms with Crippen molar-refractivity contribution in [2.75, 3.05) is 29.9 Å². The molecule has 0 saturated carbocycles. The van der Waals surface area contributed by atoms with Gasteiger partial charge in [0.1, 0.15) is 6.04 Å². The highest BCUT2D eigenvalue weighted by Gasteiger charge is 2.13. The number of nitrogens with zero attached hydrogens (tertiary/aromatic N) is 1. The number of hydrogen-bond acceptors (Lipinski definition) is 3. The summed E-state index contributed by atoms with van der Waals surface area (Å²) in [5, 5.41) is 6.00. The number of hydrogen-bond donors (Lipinski definition) is 2. The summed E-state index contributed by atoms with van der Waals surface area (Å²) in [6.45, 7) is 8.24. The van der Waals surface area contributed by atoms with Crippen molar-refractivity contribution >= 4 is 17.3 Å². The zero-order valence-electron chi connectivity index (χ0n) is 12.8. The van der Waals surface area contributed by atoms with Gasteiger partial charge in [-0.3, -0.25) is 4.79 Å². The Morgan fingerprint density at radius 2 is 1.95 bits per heavy atom. The number of piperidine rings is 1. The Labute approximate surface area is 127 Å². The fraction of sp³-hybridized carbons (Fsp3) is 0.471. The minimum atomic E-state index is -0.259. The number of carbonyl (C=O) groups excluding carboxylic acids is 1. The molecular formula is C17H25N3O. The minimum Gasteiger partial charge on any atom is -0.374 e. The van der Waals surface area contributed by atoms with Gasteiger partial charge in [-0.25, -0.2) is 0 Å². The summed E-state index contributed by atoms with van der Waals surface area (Å²) in [5.74, 6) is -0.0185. The van der Waals surface area contributed by atoms with Crippen LogP contribution in [-0.2, 0) is 4.79 Å². The molecule has 0 radical (unpaired) electrons. The molecule has 1 heterocycles. The van der Waals surface area contributed by atoms with Crippen LogP contribution in [0.5, 0.6) is 0 Å². The van der Waals surface area contributed by atoms with Crippen LogP contribution < -0.4 is 15.5 Å². The van der Waals surface area contributed by atoms with Crippen LogP contribution in [-0.4, -0.2) is 31.6 Å². The van der Waals surface area contributed by atoms with Crippen molar-refractivity contribution in [1.29, 1.82) is 0 Å². The molecule has 0 bridgehead atoms. The summed E-state index contributed by atoms with van der Waals surface area (Å²) in [6.07, 6.45) is 5.58. The number of benzene rings is 1. The van der Waals surface area contributed by atoms with Crippen molar-refractivity contribution < 1.29 is 4.79 Å². The number of rotatable bonds is 6. The van der Waals surface area contributed by atoms with Gasteiger partial charge in [0.25, 0.3) is 0 Å². The molecule has 1 aromatic rings. The average molecular weight is 287 g/mol. The van der Waals surface area contributed by atoms with Crippen molar-refractivity contribution in [2.45, 2.75) is 32.2 Å². The van der Waals surface area contributed by atoms with E-state index in [-0.39, 0.29) is 11.9 Å². The van der Waals surface area contributed by atoms with Gasteiger partial charge in [0, 0.05) is 31.0 Å². The van der Waals surface area contributed by atoms with Gasteiger partial charge in [0.2, 0.25) is 5.91 Å². The SMILES string of the molecule is C=CCNC(=O)[C@@H](C)Nc1ccc(N2CCCCC2)cc1. The maximum atomic E-state index is 11.8. The largest absolute Gasteiger partial charge is 0.374 e. The fourth-order valence-electron chi connectivity index (χ4n) is 2.56. The van der Waals surface area contributed by atoms with E-state index in [2.05, 4.69) is 34.2 Å². The molecule has 0 aliphatic carbocycles. The Morgan fingerprint density at radius 3 is 2.57 bits per heavy atom. The minimum absolute atomic E-state index is 0.0185. The molecule has 0 aromatic heterocycles. The second kappa shape index (κ2) is 7.72. The lowest BCUT2D eigenvalue weighted by molar-refractivity contribution is -0.121. The standard InChI is InChI=1S/C17H25N3O/c1-3-11-18-17(21)14(2)19-15-7-9-16(10-8-15)20-12-5-4-6-13-20/h3,7-10,14,19H,1,4-6,11-13H2,2H3,(H,18,21)/t14-/m1/s1. The molecular weight excluding hydrogens is 262 g/mol. The first-order valence-electron chi connectivity index (χ1n) is 7.71. The van der Waals surface area contributed by atoms with E-state index in [0.717, 1.165) is 18.8 Å². The Hall–Kier alpha value is -1.97. The molecule has 4 nitrogen and oxygen atoms in total. The van der Waals surface area contributed by atoms with Gasteiger partial charge in [-0.15, -0.1) is 6.58 Å². The van der Waals surface area contributed by atoms with Gasteiger partial charge >= 0.3 is 0 Å². The fourth-order valence-corrected chi connectivity index (χ4v) is 2.56. The molecule has 1 atom stereocenters. The molecule has 21 heavy (non-hydrogen) atoms. The van der Waals surface area contributed by atoms with Crippen LogP contribution >= 0.6 is 0 Å². The molecule has 1 aromatic carbocycles. The third-order valence-corrected chi connectivity index (χ3v) is 3.79. The molecule has 2 N–H and O–H groups in total. The molecule has 1 saturated heterocycles. The van der Waals surface area contributed by atoms with Crippen molar-refractivity contribution in [3.8, 4) is 0 Å². The van der Waals surface area contributed by atoms with E-state index >= 15 is 0 Å². The van der Waals surface area contributed by atoms with Gasteiger partial charge in [0.15, 0.2) is 0 Å². The lowest BCUT2D eigenvalue weighted by atomic mass is 10.1. The van der Waals surface area contributed by atoms with Crippen LogP contribution in [0.4, 0.5) is 11.4 Å². The average Bonchev–Trinajstić information content (AvgIpc) is 2.54. The summed E-state index contributed by atoms with van der Waals surface area (Å²) in [7, 11) is 0. The van der Waals surface area contributed by atoms with Crippen molar-refractivity contribution in [3.05, 3.63) is 36.9 Å². The molecule has 2 rings (SSSR count). The summed E-state index contributed by atoms with van der Waals surface area (Å²) >= 11 is 0. The number of carbonyl (C=O) groups is 1. The first kappa shape index (κ1) is 15.4. The van der Waals surface area contributed by atoms with E-state index in [4.69, 9.17) is 0 Å². The Kier molecular flexibility index (Phi) is 5.67. The van der Waals surface area contributed by atoms with E-state index in [0.29, 0.717) is 6.54 Å². The number of anilines is 2. The third kappa shape index (κ3) is 4.52. The molecule has 1 aliphatic rings. The quantitative estimate of drug-likeness (QED) is 0.791. The highest BCUT2D eigenvalue weighted by Crippen LogP contribution is 2.22. The van der Waals surface area contributed by atoms with Crippen molar-refractivity contribution in [1.82, 2.24) is 5.32 Å². The van der Waals surface area contributed by atoms with Gasteiger partial charge in [-0.1, -0.05) is 6.08 Å². The molecule has 0 spiro atoms. The van der Waals surface area contributed by atoms with Gasteiger partial charge in [0.05, 0.1) is 0 Å². The molecule has 4 heteroatoms. The summed E-state index contributed by atoms with van der Waals surface area (Å²) in [6, 6.07) is 8.08. The predicted octanol–water partition coefficient (Wildman–Crippen LogP) is 2.78. The predicted molar refractivity (Wildman–Crippen MR) is 88.8 cm³/mol. The van der Waals surface area contributed by atoms with Crippen LogP contribution in [0.3, 0.4) is 0 Å². The van der Waals surface area contributed by atoms with Crippen LogP contribution in [0, 0.1) is 0 Å². The van der Waals surface area contributed by atoms with Gasteiger partial charge in [-0.2, -0.15) is 0 Å². The zero-order chi connectivity index (χ0) is 15.1. The molecule has 1 aliphatic heterocycles. The third-order valence-electron chi connectivity index (χ3n) is 3.79. The molecule has 114 valence electrons. The molecule has 1 fully saturated rings. The smallest absolute Gasteiger partial charge is 0.242 e. The first-order valence-corrected chi connectivity index (χ1v) is 7.71. The van der Waals surface area contributed by atoms with Crippen molar-refractivity contribution in [3.63, 3.8) is 0 Å². The van der Waals surface area contributed by atoms with E-state index in [1.54, 1.807) is 6.08 Å². The Morgan fingerprint density at radius 1 is 1.29 bits per heavy atom. The van der Waals surface area contributed by atoms with E-state index in [1.165, 1.54) is 24.9 Å². The second-order valence-electron chi connectivity index (χ2n) is 5.49. The lowest BCUT2D eigenvalue weighted by Gasteiger charge is -2.29. The highest BCUT2D eigenvalue weighted by molar-refractivity contribution is 5.84. The normalized spacial score (nSPS) is 16.1. The second-order valence-corrected chi connectivity index (χ2v) is 5.49. The van der Waals surface area contributed by atoms with Crippen LogP contribution in [0.15, 0.2) is 36.9 Å². The summed E-state index contributed by atoms with van der Waals surface area (Å²) < 4.78 is 0. The molecule has 1 amide bonds. The van der Waals surface area contributed by atoms with Crippen LogP contribution in [0.1, 0.15) is 26.2 Å². The topological polar surface area (TPSA) is 44.4 Å². The highest BCUT2D eigenvalue weighted by atomic mass is 16.2. The van der Waals surface area contributed by atoms with Crippen LogP contribution in [0.25, 0.3) is 0 Å². The Bertz CT molecular complexity index is 463. The zero-order valence-corrected chi connectivity index (χ0v) is 12.8. The summed E-state index contributed by atoms with van der Waals surface area (Å²) in [4.78, 5) is 14.2. The maximum Gasteiger partial charge on any atom is 0.242 e. The van der Waals surface area contributed by atoms with E-state index in [9.17, 15) is 4.79 Å². The Balaban J connectivity index is 1.89.